The van der Waals surface area contributed by atoms with Crippen LogP contribution in [-0.4, -0.2) is 21.5 Å². The summed E-state index contributed by atoms with van der Waals surface area (Å²) >= 11 is 0. The summed E-state index contributed by atoms with van der Waals surface area (Å²) in [5.74, 6) is -0.597. The number of ether oxygens (including phenoxy) is 1. The maximum atomic E-state index is 11.3. The molecule has 0 unspecified atom stereocenters. The third-order valence-corrected chi connectivity index (χ3v) is 3.80. The van der Waals surface area contributed by atoms with Gasteiger partial charge in [-0.25, -0.2) is 13.2 Å². The number of hydrogen-bond donors (Lipinski definition) is 0. The standard InChI is InChI=1S/C8H6O4S/c1-12-8(9)7-5-3-2-4-6(7)13(5,10)11/h2-4H,1H3. The van der Waals surface area contributed by atoms with Crippen molar-refractivity contribution in [3.63, 3.8) is 0 Å². The molecule has 0 amide bonds. The Morgan fingerprint density at radius 3 is 2.23 bits per heavy atom. The van der Waals surface area contributed by atoms with E-state index in [4.69, 9.17) is 0 Å². The Bertz CT molecular complexity index is 459. The van der Waals surface area contributed by atoms with Gasteiger partial charge in [-0.05, 0) is 12.1 Å². The molecule has 0 N–H and O–H groups in total. The molecule has 0 spiro atoms. The molecule has 0 saturated carbocycles. The summed E-state index contributed by atoms with van der Waals surface area (Å²) < 4.78 is 27.0. The van der Waals surface area contributed by atoms with Gasteiger partial charge in [-0.1, -0.05) is 6.07 Å². The molecule has 68 valence electrons. The number of fused-ring (bicyclic) bond motifs is 2. The van der Waals surface area contributed by atoms with Crippen LogP contribution in [0.4, 0.5) is 0 Å². The maximum absolute atomic E-state index is 11.3. The van der Waals surface area contributed by atoms with E-state index >= 15 is 0 Å². The highest BCUT2D eigenvalue weighted by atomic mass is 32.2. The molecule has 5 heteroatoms. The summed E-state index contributed by atoms with van der Waals surface area (Å²) in [6, 6.07) is 4.39. The molecule has 4 nitrogen and oxygen atoms in total. The predicted molar refractivity (Wildman–Crippen MR) is 43.2 cm³/mol. The minimum absolute atomic E-state index is 0.0665. The van der Waals surface area contributed by atoms with Crippen LogP contribution < -0.4 is 0 Å². The first kappa shape index (κ1) is 8.25. The molecule has 0 fully saturated rings. The molecule has 1 aromatic carbocycles. The van der Waals surface area contributed by atoms with Crippen molar-refractivity contribution in [3.8, 4) is 0 Å². The van der Waals surface area contributed by atoms with Crippen LogP contribution in [0.3, 0.4) is 0 Å². The summed E-state index contributed by atoms with van der Waals surface area (Å²) in [5, 5.41) is 0. The van der Waals surface area contributed by atoms with Gasteiger partial charge >= 0.3 is 5.97 Å². The average molecular weight is 198 g/mol. The van der Waals surface area contributed by atoms with E-state index in [1.54, 1.807) is 6.07 Å². The highest BCUT2D eigenvalue weighted by Crippen LogP contribution is 2.38. The van der Waals surface area contributed by atoms with Gasteiger partial charge in [-0.2, -0.15) is 0 Å². The van der Waals surface area contributed by atoms with Crippen molar-refractivity contribution in [2.75, 3.05) is 7.11 Å². The zero-order valence-electron chi connectivity index (χ0n) is 6.77. The Labute approximate surface area is 75.1 Å². The van der Waals surface area contributed by atoms with E-state index in [2.05, 4.69) is 4.74 Å². The summed E-state index contributed by atoms with van der Waals surface area (Å²) in [7, 11) is -2.09. The largest absolute Gasteiger partial charge is 0.465 e. The van der Waals surface area contributed by atoms with Gasteiger partial charge in [0, 0.05) is 0 Å². The lowest BCUT2D eigenvalue weighted by Crippen LogP contribution is -2.23. The molecule has 2 bridgehead atoms. The molecule has 3 rings (SSSR count). The Kier molecular flexibility index (Phi) is 1.47. The molecular formula is C8H6O4S. The van der Waals surface area contributed by atoms with Crippen molar-refractivity contribution >= 4 is 15.8 Å². The van der Waals surface area contributed by atoms with Crippen LogP contribution >= 0.6 is 0 Å². The second kappa shape index (κ2) is 2.32. The van der Waals surface area contributed by atoms with Gasteiger partial charge in [-0.3, -0.25) is 0 Å². The molecule has 2 aliphatic rings. The summed E-state index contributed by atoms with van der Waals surface area (Å²) in [5.41, 5.74) is 0.171. The van der Waals surface area contributed by atoms with Gasteiger partial charge in [0.1, 0.15) is 0 Å². The van der Waals surface area contributed by atoms with E-state index in [-0.39, 0.29) is 15.4 Å². The number of hydrogen-bond acceptors (Lipinski definition) is 4. The van der Waals surface area contributed by atoms with E-state index < -0.39 is 15.8 Å². The topological polar surface area (TPSA) is 60.4 Å². The third kappa shape index (κ3) is 0.846. The van der Waals surface area contributed by atoms with Gasteiger partial charge < -0.3 is 4.74 Å². The number of esters is 1. The SMILES string of the molecule is COC(=O)c1c2cccc1S2(=O)=O. The fourth-order valence-corrected chi connectivity index (χ4v) is 2.86. The van der Waals surface area contributed by atoms with Crippen molar-refractivity contribution in [1.29, 1.82) is 0 Å². The number of sulfone groups is 1. The number of carbonyl (C=O) groups is 1. The second-order valence-electron chi connectivity index (χ2n) is 2.62. The first-order valence-electron chi connectivity index (χ1n) is 3.55. The van der Waals surface area contributed by atoms with Crippen molar-refractivity contribution < 1.29 is 17.9 Å². The Morgan fingerprint density at radius 1 is 1.31 bits per heavy atom. The Balaban J connectivity index is 2.67. The van der Waals surface area contributed by atoms with E-state index in [0.717, 1.165) is 0 Å². The van der Waals surface area contributed by atoms with Crippen molar-refractivity contribution in [2.45, 2.75) is 9.79 Å². The van der Waals surface area contributed by atoms with E-state index in [9.17, 15) is 13.2 Å². The van der Waals surface area contributed by atoms with Crippen molar-refractivity contribution in [1.82, 2.24) is 0 Å². The lowest BCUT2D eigenvalue weighted by Gasteiger charge is -2.20. The molecular weight excluding hydrogens is 192 g/mol. The molecule has 1 aromatic rings. The van der Waals surface area contributed by atoms with Gasteiger partial charge in [0.05, 0.1) is 22.5 Å². The first-order chi connectivity index (χ1) is 6.09. The van der Waals surface area contributed by atoms with Crippen LogP contribution in [0.5, 0.6) is 0 Å². The highest BCUT2D eigenvalue weighted by Gasteiger charge is 2.39. The van der Waals surface area contributed by atoms with Gasteiger partial charge in [0.25, 0.3) is 0 Å². The zero-order valence-corrected chi connectivity index (χ0v) is 7.59. The highest BCUT2D eigenvalue weighted by molar-refractivity contribution is 7.93. The zero-order chi connectivity index (χ0) is 9.64. The van der Waals surface area contributed by atoms with E-state index in [1.165, 1.54) is 19.2 Å². The smallest absolute Gasteiger partial charge is 0.340 e. The lowest BCUT2D eigenvalue weighted by atomic mass is 10.2. The molecule has 2 heterocycles. The fourth-order valence-electron chi connectivity index (χ4n) is 1.33. The number of benzene rings is 1. The van der Waals surface area contributed by atoms with Crippen molar-refractivity contribution in [3.05, 3.63) is 23.8 Å². The molecule has 0 aliphatic carbocycles. The number of methoxy groups -OCH3 is 1. The van der Waals surface area contributed by atoms with E-state index in [0.29, 0.717) is 0 Å². The van der Waals surface area contributed by atoms with Crippen LogP contribution in [0.1, 0.15) is 10.4 Å². The predicted octanol–water partition coefficient (Wildman–Crippen LogP) is 0.619. The molecule has 13 heavy (non-hydrogen) atoms. The monoisotopic (exact) mass is 198 g/mol. The summed E-state index contributed by atoms with van der Waals surface area (Å²) in [6.07, 6.45) is 0. The van der Waals surface area contributed by atoms with Gasteiger partial charge in [0.2, 0.25) is 9.84 Å². The lowest BCUT2D eigenvalue weighted by molar-refractivity contribution is 0.0589. The summed E-state index contributed by atoms with van der Waals surface area (Å²) in [4.78, 5) is 11.2. The van der Waals surface area contributed by atoms with Crippen LogP contribution in [0.2, 0.25) is 0 Å². The molecule has 0 radical (unpaired) electrons. The van der Waals surface area contributed by atoms with Crippen LogP contribution in [0.15, 0.2) is 28.0 Å². The Hall–Kier alpha value is -1.36. The fraction of sp³-hybridized carbons (Fsp3) is 0.125. The average Bonchev–Trinajstić information content (AvgIpc) is 2.15. The third-order valence-electron chi connectivity index (χ3n) is 1.96. The maximum Gasteiger partial charge on any atom is 0.340 e. The van der Waals surface area contributed by atoms with Crippen molar-refractivity contribution in [2.24, 2.45) is 0 Å². The van der Waals surface area contributed by atoms with Gasteiger partial charge in [-0.15, -0.1) is 0 Å². The first-order valence-corrected chi connectivity index (χ1v) is 5.04. The van der Waals surface area contributed by atoms with Crippen LogP contribution in [-0.2, 0) is 14.6 Å². The van der Waals surface area contributed by atoms with Gasteiger partial charge in [0.15, 0.2) is 0 Å². The number of carbonyl (C=O) groups excluding carboxylic acids is 1. The Morgan fingerprint density at radius 2 is 1.85 bits per heavy atom. The minimum Gasteiger partial charge on any atom is -0.465 e. The normalized spacial score (nSPS) is 16.1. The quantitative estimate of drug-likeness (QED) is 0.630. The molecule has 0 aromatic heterocycles. The number of rotatable bonds is 1. The summed E-state index contributed by atoms with van der Waals surface area (Å²) in [6.45, 7) is 0. The second-order valence-corrected chi connectivity index (χ2v) is 4.51. The van der Waals surface area contributed by atoms with Crippen LogP contribution in [0, 0.1) is 0 Å². The van der Waals surface area contributed by atoms with E-state index in [1.807, 2.05) is 0 Å². The molecule has 0 saturated heterocycles. The minimum atomic E-state index is -3.32. The molecule has 0 atom stereocenters. The molecule has 2 aliphatic heterocycles. The van der Waals surface area contributed by atoms with Crippen LogP contribution in [0.25, 0.3) is 0 Å².